The summed E-state index contributed by atoms with van der Waals surface area (Å²) in [4.78, 5) is 0. The summed E-state index contributed by atoms with van der Waals surface area (Å²) in [5.41, 5.74) is -0.664. The van der Waals surface area contributed by atoms with Crippen LogP contribution in [0.3, 0.4) is 0 Å². The van der Waals surface area contributed by atoms with Gasteiger partial charge in [0.2, 0.25) is 0 Å². The average molecular weight is 448 g/mol. The summed E-state index contributed by atoms with van der Waals surface area (Å²) in [5, 5.41) is 0. The van der Waals surface area contributed by atoms with Gasteiger partial charge in [0.15, 0.2) is 0 Å². The number of hydrogen-bond donors (Lipinski definition) is 0. The van der Waals surface area contributed by atoms with Gasteiger partial charge in [-0.15, -0.1) is 0 Å². The third-order valence-electron chi connectivity index (χ3n) is 1.01. The fourth-order valence-electron chi connectivity index (χ4n) is 0.291. The van der Waals surface area contributed by atoms with Gasteiger partial charge in [0.1, 0.15) is 0 Å². The number of hydrogen-bond acceptors (Lipinski definition) is 4. The second-order valence-electron chi connectivity index (χ2n) is 2.87. The summed E-state index contributed by atoms with van der Waals surface area (Å²) in [6, 6.07) is 0. The van der Waals surface area contributed by atoms with Crippen molar-refractivity contribution in [2.24, 2.45) is 0 Å². The quantitative estimate of drug-likeness (QED) is 0.466. The van der Waals surface area contributed by atoms with E-state index in [2.05, 4.69) is 11.3 Å². The second-order valence-corrected chi connectivity index (χ2v) is 4.51. The van der Waals surface area contributed by atoms with E-state index < -0.39 is 15.7 Å². The largest absolute Gasteiger partial charge is 0.549 e. The molecule has 0 heterocycles. The molecule has 4 nitrogen and oxygen atoms in total. The van der Waals surface area contributed by atoms with E-state index in [-0.39, 0.29) is 105 Å². The van der Waals surface area contributed by atoms with Crippen molar-refractivity contribution in [2.75, 3.05) is 12.9 Å². The van der Waals surface area contributed by atoms with Gasteiger partial charge in [-0.1, -0.05) is 0 Å². The Morgan fingerprint density at radius 1 is 1.21 bits per heavy atom. The van der Waals surface area contributed by atoms with Crippen molar-refractivity contribution in [3.05, 3.63) is 7.11 Å². The summed E-state index contributed by atoms with van der Waals surface area (Å²) in [5.74, 6) is 0. The van der Waals surface area contributed by atoms with Crippen LogP contribution in [0, 0.1) is 7.11 Å². The van der Waals surface area contributed by atoms with E-state index in [0.29, 0.717) is 0 Å². The molecule has 0 unspecified atom stereocenters. The zero-order valence-electron chi connectivity index (χ0n) is 8.69. The molecule has 0 aliphatic heterocycles. The van der Waals surface area contributed by atoms with Gasteiger partial charge in [0.05, 0.1) is 18.5 Å². The molecule has 0 saturated heterocycles. The Labute approximate surface area is 162 Å². The van der Waals surface area contributed by atoms with Crippen LogP contribution in [0.15, 0.2) is 0 Å². The van der Waals surface area contributed by atoms with Gasteiger partial charge in [0, 0.05) is 98.1 Å². The van der Waals surface area contributed by atoms with E-state index in [9.17, 15) is 8.42 Å². The summed E-state index contributed by atoms with van der Waals surface area (Å²) >= 11 is 0. The summed E-state index contributed by atoms with van der Waals surface area (Å²) in [7, 11) is -0.192. The van der Waals surface area contributed by atoms with E-state index in [4.69, 9.17) is 4.74 Å². The molecule has 0 aromatic carbocycles. The Bertz CT molecular complexity index is 215. The van der Waals surface area contributed by atoms with Crippen LogP contribution in [0.4, 0.5) is 0 Å². The fourth-order valence-corrected chi connectivity index (χ4v) is 0.789. The van der Waals surface area contributed by atoms with Crippen LogP contribution < -0.4 is 0 Å². The maximum Gasteiger partial charge on any atom is 0.264 e. The van der Waals surface area contributed by atoms with Crippen LogP contribution in [0.5, 0.6) is 0 Å². The molecule has 0 rings (SSSR count). The zero-order chi connectivity index (χ0) is 9.12. The normalized spacial score (nSPS) is 10.6. The summed E-state index contributed by atoms with van der Waals surface area (Å²) < 4.78 is 30.2. The molecule has 0 saturated carbocycles. The van der Waals surface area contributed by atoms with Gasteiger partial charge in [0.25, 0.3) is 10.1 Å². The predicted molar refractivity (Wildman–Crippen MR) is 41.3 cm³/mol. The van der Waals surface area contributed by atoms with Crippen molar-refractivity contribution < 1.29 is 115 Å². The molecule has 3 radical (unpaired) electrons. The standard InChI is InChI=1S/C6H13O4S.3Y/c1-6(2,9-3)5-10-11(4,7)8;;;/h3,5H2,1-2,4H3;;;/q-1;;;. The monoisotopic (exact) mass is 448 g/mol. The van der Waals surface area contributed by atoms with Crippen LogP contribution in [-0.2, 0) is 117 Å². The van der Waals surface area contributed by atoms with Crippen molar-refractivity contribution in [1.82, 2.24) is 0 Å². The minimum Gasteiger partial charge on any atom is -0.549 e. The van der Waals surface area contributed by atoms with E-state index in [0.717, 1.165) is 6.26 Å². The molecule has 14 heavy (non-hydrogen) atoms. The van der Waals surface area contributed by atoms with Crippen LogP contribution in [0.25, 0.3) is 0 Å². The Balaban J connectivity index is -0.000000167. The van der Waals surface area contributed by atoms with E-state index >= 15 is 0 Å². The molecule has 0 spiro atoms. The first-order valence-electron chi connectivity index (χ1n) is 3.04. The molecule has 0 bridgehead atoms. The molecule has 0 fully saturated rings. The van der Waals surface area contributed by atoms with Gasteiger partial charge >= 0.3 is 0 Å². The topological polar surface area (TPSA) is 52.6 Å². The Morgan fingerprint density at radius 2 is 1.57 bits per heavy atom. The second kappa shape index (κ2) is 11.3. The van der Waals surface area contributed by atoms with E-state index in [1.165, 1.54) is 0 Å². The van der Waals surface area contributed by atoms with Crippen molar-refractivity contribution in [3.8, 4) is 0 Å². The molecule has 0 N–H and O–H groups in total. The Kier molecular flexibility index (Phi) is 20.9. The Morgan fingerprint density at radius 3 is 1.79 bits per heavy atom. The van der Waals surface area contributed by atoms with Crippen molar-refractivity contribution in [3.63, 3.8) is 0 Å². The minimum atomic E-state index is -3.38. The fraction of sp³-hybridized carbons (Fsp3) is 0.833. The molecule has 77 valence electrons. The van der Waals surface area contributed by atoms with Gasteiger partial charge in [-0.2, -0.15) is 8.42 Å². The van der Waals surface area contributed by atoms with Gasteiger partial charge < -0.3 is 4.74 Å². The van der Waals surface area contributed by atoms with Gasteiger partial charge in [-0.3, -0.25) is 4.18 Å². The predicted octanol–water partition coefficient (Wildman–Crippen LogP) is 0.542. The molecule has 0 atom stereocenters. The molecule has 0 aromatic heterocycles. The van der Waals surface area contributed by atoms with Crippen LogP contribution in [0.1, 0.15) is 13.8 Å². The van der Waals surface area contributed by atoms with Gasteiger partial charge in [-0.05, 0) is 13.8 Å². The third-order valence-corrected chi connectivity index (χ3v) is 1.56. The van der Waals surface area contributed by atoms with Crippen LogP contribution in [-0.4, -0.2) is 26.9 Å². The zero-order valence-corrected chi connectivity index (χ0v) is 18.0. The number of ether oxygens (including phenoxy) is 1. The first-order valence-corrected chi connectivity index (χ1v) is 4.86. The maximum absolute atomic E-state index is 10.5. The van der Waals surface area contributed by atoms with Gasteiger partial charge in [-0.25, -0.2) is 7.11 Å². The maximum atomic E-state index is 10.5. The molecule has 0 amide bonds. The van der Waals surface area contributed by atoms with Crippen molar-refractivity contribution in [1.29, 1.82) is 0 Å². The van der Waals surface area contributed by atoms with E-state index in [1.54, 1.807) is 13.8 Å². The first kappa shape index (κ1) is 25.9. The van der Waals surface area contributed by atoms with Crippen LogP contribution in [0.2, 0.25) is 0 Å². The smallest absolute Gasteiger partial charge is 0.264 e. The number of rotatable bonds is 4. The Hall–Kier alpha value is 3.18. The molecule has 0 aliphatic rings. The summed E-state index contributed by atoms with van der Waals surface area (Å²) in [6.45, 7) is 3.35. The molecule has 0 aliphatic carbocycles. The first-order chi connectivity index (χ1) is 4.77. The van der Waals surface area contributed by atoms with E-state index in [1.807, 2.05) is 0 Å². The summed E-state index contributed by atoms with van der Waals surface area (Å²) in [6.07, 6.45) is 0.992. The SMILES string of the molecule is [CH2-]OC(C)(C)COS(C)(=O)=O.[Y].[Y].[Y]. The molecular formula is C6H13O4SY3-. The minimum absolute atomic E-state index is 0. The van der Waals surface area contributed by atoms with Crippen molar-refractivity contribution in [2.45, 2.75) is 19.4 Å². The van der Waals surface area contributed by atoms with Crippen molar-refractivity contribution >= 4 is 10.1 Å². The van der Waals surface area contributed by atoms with Crippen LogP contribution >= 0.6 is 0 Å². The third kappa shape index (κ3) is 17.6. The molecular weight excluding hydrogens is 435 g/mol. The molecule has 0 aromatic rings. The molecule has 8 heteroatoms. The average Bonchev–Trinajstić information content (AvgIpc) is 1.83.